The van der Waals surface area contributed by atoms with Crippen LogP contribution in [0.2, 0.25) is 10.0 Å². The Balaban J connectivity index is 1.41. The number of benzene rings is 4. The van der Waals surface area contributed by atoms with Crippen molar-refractivity contribution in [3.63, 3.8) is 0 Å². The summed E-state index contributed by atoms with van der Waals surface area (Å²) < 4.78 is 5.60. The van der Waals surface area contributed by atoms with Gasteiger partial charge in [0.2, 0.25) is 0 Å². The number of hydrogen-bond donors (Lipinski definition) is 1. The van der Waals surface area contributed by atoms with E-state index in [-0.39, 0.29) is 11.9 Å². The number of nitrogens with one attached hydrogen (secondary N) is 1. The summed E-state index contributed by atoms with van der Waals surface area (Å²) >= 11 is 12.2. The third kappa shape index (κ3) is 5.08. The van der Waals surface area contributed by atoms with Gasteiger partial charge in [-0.2, -0.15) is 5.10 Å². The highest BCUT2D eigenvalue weighted by atomic mass is 35.5. The third-order valence-corrected chi connectivity index (χ3v) is 6.60. The zero-order valence-electron chi connectivity index (χ0n) is 19.5. The maximum absolute atomic E-state index is 13.3. The zero-order valence-corrected chi connectivity index (χ0v) is 21.0. The molecule has 0 aromatic heterocycles. The standard InChI is InChI=1S/C29H23Cl2N3O2/c1-36-27-17-24(15-16-25(27)19-5-3-2-4-6-19)32-29(35)34-18-26(20-7-11-22(30)12-8-20)28(33-34)21-9-13-23(31)14-10-21/h2-17,26H,18H2,1H3,(H,32,35)/t26-/m0/s1. The average Bonchev–Trinajstić information content (AvgIpc) is 3.36. The summed E-state index contributed by atoms with van der Waals surface area (Å²) in [5, 5.41) is 10.4. The third-order valence-electron chi connectivity index (χ3n) is 6.10. The van der Waals surface area contributed by atoms with E-state index in [0.29, 0.717) is 28.0 Å². The normalized spacial score (nSPS) is 14.9. The minimum Gasteiger partial charge on any atom is -0.496 e. The minimum atomic E-state index is -0.326. The second-order valence-corrected chi connectivity index (χ2v) is 9.26. The number of urea groups is 1. The van der Waals surface area contributed by atoms with Crippen molar-refractivity contribution in [1.29, 1.82) is 0 Å². The molecule has 2 amide bonds. The maximum atomic E-state index is 13.3. The van der Waals surface area contributed by atoms with Crippen molar-refractivity contribution in [2.75, 3.05) is 19.0 Å². The van der Waals surface area contributed by atoms with Gasteiger partial charge in [-0.25, -0.2) is 9.80 Å². The first-order valence-electron chi connectivity index (χ1n) is 11.4. The molecule has 5 nitrogen and oxygen atoms in total. The summed E-state index contributed by atoms with van der Waals surface area (Å²) in [5.41, 5.74) is 5.33. The topological polar surface area (TPSA) is 53.9 Å². The van der Waals surface area contributed by atoms with Crippen LogP contribution in [0.25, 0.3) is 11.1 Å². The monoisotopic (exact) mass is 515 g/mol. The molecule has 0 spiro atoms. The molecule has 1 aliphatic heterocycles. The highest BCUT2D eigenvalue weighted by Crippen LogP contribution is 2.34. The van der Waals surface area contributed by atoms with Crippen molar-refractivity contribution in [3.05, 3.63) is 118 Å². The molecule has 5 rings (SSSR count). The number of carbonyl (C=O) groups excluding carboxylic acids is 1. The lowest BCUT2D eigenvalue weighted by molar-refractivity contribution is 0.218. The van der Waals surface area contributed by atoms with Gasteiger partial charge in [-0.05, 0) is 53.1 Å². The smallest absolute Gasteiger partial charge is 0.342 e. The van der Waals surface area contributed by atoms with Gasteiger partial charge >= 0.3 is 6.03 Å². The number of carbonyl (C=O) groups is 1. The van der Waals surface area contributed by atoms with E-state index in [1.807, 2.05) is 97.1 Å². The van der Waals surface area contributed by atoms with Crippen molar-refractivity contribution in [1.82, 2.24) is 5.01 Å². The fraction of sp³-hybridized carbons (Fsp3) is 0.103. The molecule has 180 valence electrons. The van der Waals surface area contributed by atoms with Gasteiger partial charge in [0.1, 0.15) is 5.75 Å². The molecule has 4 aromatic carbocycles. The van der Waals surface area contributed by atoms with Gasteiger partial charge in [0.15, 0.2) is 0 Å². The molecule has 0 unspecified atom stereocenters. The number of ether oxygens (including phenoxy) is 1. The van der Waals surface area contributed by atoms with E-state index in [1.54, 1.807) is 7.11 Å². The van der Waals surface area contributed by atoms with Crippen LogP contribution >= 0.6 is 23.2 Å². The van der Waals surface area contributed by atoms with Crippen molar-refractivity contribution < 1.29 is 9.53 Å². The van der Waals surface area contributed by atoms with E-state index in [1.165, 1.54) is 5.01 Å². The number of methoxy groups -OCH3 is 1. The van der Waals surface area contributed by atoms with Crippen LogP contribution in [-0.4, -0.2) is 30.4 Å². The first-order chi connectivity index (χ1) is 17.5. The van der Waals surface area contributed by atoms with Crippen LogP contribution in [0.1, 0.15) is 17.0 Å². The van der Waals surface area contributed by atoms with Gasteiger partial charge in [-0.1, -0.05) is 77.8 Å². The number of rotatable bonds is 5. The fourth-order valence-corrected chi connectivity index (χ4v) is 4.53. The molecular formula is C29H23Cl2N3O2. The summed E-state index contributed by atoms with van der Waals surface area (Å²) in [6.45, 7) is 0.394. The molecule has 0 aliphatic carbocycles. The Bertz CT molecular complexity index is 1410. The highest BCUT2D eigenvalue weighted by molar-refractivity contribution is 6.31. The van der Waals surface area contributed by atoms with Crippen LogP contribution in [0, 0.1) is 0 Å². The van der Waals surface area contributed by atoms with E-state index >= 15 is 0 Å². The van der Waals surface area contributed by atoms with Crippen LogP contribution in [0.5, 0.6) is 5.75 Å². The Morgan fingerprint density at radius 1 is 0.889 bits per heavy atom. The summed E-state index contributed by atoms with van der Waals surface area (Å²) in [6.07, 6.45) is 0. The van der Waals surface area contributed by atoms with Crippen LogP contribution in [-0.2, 0) is 0 Å². The number of nitrogens with zero attached hydrogens (tertiary/aromatic N) is 2. The van der Waals surface area contributed by atoms with Crippen molar-refractivity contribution in [2.45, 2.75) is 5.92 Å². The second kappa shape index (κ2) is 10.4. The van der Waals surface area contributed by atoms with Crippen molar-refractivity contribution in [2.24, 2.45) is 5.10 Å². The quantitative estimate of drug-likeness (QED) is 0.296. The number of amides is 2. The number of anilines is 1. The van der Waals surface area contributed by atoms with E-state index < -0.39 is 0 Å². The first kappa shape index (κ1) is 23.9. The van der Waals surface area contributed by atoms with Crippen LogP contribution in [0.15, 0.2) is 102 Å². The number of hydrogen-bond acceptors (Lipinski definition) is 3. The fourth-order valence-electron chi connectivity index (χ4n) is 4.28. The van der Waals surface area contributed by atoms with E-state index in [0.717, 1.165) is 28.0 Å². The molecule has 0 fully saturated rings. The number of halogens is 2. The summed E-state index contributed by atoms with van der Waals surface area (Å²) in [5.74, 6) is 0.564. The lowest BCUT2D eigenvalue weighted by Crippen LogP contribution is -2.30. The molecular weight excluding hydrogens is 493 g/mol. The number of hydrazone groups is 1. The van der Waals surface area contributed by atoms with E-state index in [2.05, 4.69) is 5.32 Å². The molecule has 0 saturated heterocycles. The predicted molar refractivity (Wildman–Crippen MR) is 146 cm³/mol. The zero-order chi connectivity index (χ0) is 25.1. The van der Waals surface area contributed by atoms with Crippen molar-refractivity contribution in [3.8, 4) is 16.9 Å². The Kier molecular flexibility index (Phi) is 6.94. The highest BCUT2D eigenvalue weighted by Gasteiger charge is 2.32. The SMILES string of the molecule is COc1cc(NC(=O)N2C[C@@H](c3ccc(Cl)cc3)C(c3ccc(Cl)cc3)=N2)ccc1-c1ccccc1. The Morgan fingerprint density at radius 2 is 1.56 bits per heavy atom. The largest absolute Gasteiger partial charge is 0.496 e. The Labute approximate surface area is 219 Å². The van der Waals surface area contributed by atoms with Gasteiger partial charge in [-0.15, -0.1) is 0 Å². The molecule has 0 radical (unpaired) electrons. The van der Waals surface area contributed by atoms with E-state index in [4.69, 9.17) is 33.0 Å². The lowest BCUT2D eigenvalue weighted by Gasteiger charge is -2.17. The van der Waals surface area contributed by atoms with Crippen molar-refractivity contribution >= 4 is 40.6 Å². The minimum absolute atomic E-state index is 0.107. The molecule has 7 heteroatoms. The molecule has 1 aliphatic rings. The molecule has 1 atom stereocenters. The average molecular weight is 516 g/mol. The van der Waals surface area contributed by atoms with Crippen LogP contribution in [0.3, 0.4) is 0 Å². The van der Waals surface area contributed by atoms with Gasteiger partial charge in [0, 0.05) is 33.3 Å². The maximum Gasteiger partial charge on any atom is 0.342 e. The Morgan fingerprint density at radius 3 is 2.22 bits per heavy atom. The predicted octanol–water partition coefficient (Wildman–Crippen LogP) is 7.70. The molecule has 36 heavy (non-hydrogen) atoms. The second-order valence-electron chi connectivity index (χ2n) is 8.39. The van der Waals surface area contributed by atoms with Gasteiger partial charge in [0.25, 0.3) is 0 Å². The Hall–Kier alpha value is -3.80. The van der Waals surface area contributed by atoms with E-state index in [9.17, 15) is 4.79 Å². The summed E-state index contributed by atoms with van der Waals surface area (Å²) in [7, 11) is 1.62. The first-order valence-corrected chi connectivity index (χ1v) is 12.2. The molecule has 0 saturated carbocycles. The van der Waals surface area contributed by atoms with Crippen LogP contribution in [0.4, 0.5) is 10.5 Å². The lowest BCUT2D eigenvalue weighted by atomic mass is 9.91. The molecule has 1 N–H and O–H groups in total. The van der Waals surface area contributed by atoms with Gasteiger partial charge in [0.05, 0.1) is 19.4 Å². The van der Waals surface area contributed by atoms with Gasteiger partial charge in [-0.3, -0.25) is 0 Å². The molecule has 0 bridgehead atoms. The van der Waals surface area contributed by atoms with Crippen LogP contribution < -0.4 is 10.1 Å². The molecule has 4 aromatic rings. The summed E-state index contributed by atoms with van der Waals surface area (Å²) in [4.78, 5) is 13.3. The summed E-state index contributed by atoms with van der Waals surface area (Å²) in [6, 6.07) is 30.3. The van der Waals surface area contributed by atoms with Gasteiger partial charge < -0.3 is 10.1 Å². The molecule has 1 heterocycles.